The molecule has 2 heterocycles. The number of carbonyl (C=O) groups is 1. The maximum Gasteiger partial charge on any atom is 0.276 e. The Balaban J connectivity index is 1.61. The van der Waals surface area contributed by atoms with Crippen LogP contribution in [0.5, 0.6) is 0 Å². The van der Waals surface area contributed by atoms with E-state index in [4.69, 9.17) is 4.42 Å². The lowest BCUT2D eigenvalue weighted by Gasteiger charge is -2.08. The Hall–Kier alpha value is -2.28. The summed E-state index contributed by atoms with van der Waals surface area (Å²) in [6.45, 7) is 0. The molecule has 0 spiro atoms. The van der Waals surface area contributed by atoms with E-state index >= 15 is 0 Å². The average Bonchev–Trinajstić information content (AvgIpc) is 3.17. The van der Waals surface area contributed by atoms with Crippen LogP contribution < -0.4 is 0 Å². The predicted octanol–water partition coefficient (Wildman–Crippen LogP) is 3.18. The fourth-order valence-electron chi connectivity index (χ4n) is 2.23. The Morgan fingerprint density at radius 1 is 1.30 bits per heavy atom. The van der Waals surface area contributed by atoms with Crippen molar-refractivity contribution in [2.24, 2.45) is 0 Å². The van der Waals surface area contributed by atoms with Crippen LogP contribution in [0.15, 0.2) is 40.1 Å². The SMILES string of the molecule is CN(C)C(=O)CCCSc1nnc(-c2c[nH]c3ccccc23)o1. The van der Waals surface area contributed by atoms with Gasteiger partial charge in [-0.15, -0.1) is 10.2 Å². The number of hydrogen-bond donors (Lipinski definition) is 1. The van der Waals surface area contributed by atoms with Gasteiger partial charge in [-0.3, -0.25) is 4.79 Å². The quantitative estimate of drug-likeness (QED) is 0.555. The van der Waals surface area contributed by atoms with Crippen molar-refractivity contribution in [3.8, 4) is 11.5 Å². The van der Waals surface area contributed by atoms with Crippen molar-refractivity contribution in [1.29, 1.82) is 0 Å². The first-order valence-electron chi connectivity index (χ1n) is 7.38. The summed E-state index contributed by atoms with van der Waals surface area (Å²) in [6, 6.07) is 7.98. The summed E-state index contributed by atoms with van der Waals surface area (Å²) in [4.78, 5) is 16.3. The van der Waals surface area contributed by atoms with E-state index in [0.29, 0.717) is 17.5 Å². The Morgan fingerprint density at radius 3 is 2.96 bits per heavy atom. The lowest BCUT2D eigenvalue weighted by atomic mass is 10.2. The maximum atomic E-state index is 11.5. The Kier molecular flexibility index (Phi) is 4.66. The van der Waals surface area contributed by atoms with Gasteiger partial charge in [-0.2, -0.15) is 0 Å². The summed E-state index contributed by atoms with van der Waals surface area (Å²) in [7, 11) is 3.53. The molecule has 6 nitrogen and oxygen atoms in total. The van der Waals surface area contributed by atoms with Crippen LogP contribution in [-0.4, -0.2) is 45.8 Å². The number of hydrogen-bond acceptors (Lipinski definition) is 5. The summed E-state index contributed by atoms with van der Waals surface area (Å²) in [5.74, 6) is 1.42. The Labute approximate surface area is 138 Å². The molecule has 0 aliphatic rings. The molecule has 23 heavy (non-hydrogen) atoms. The minimum atomic E-state index is 0.135. The number of amides is 1. The highest BCUT2D eigenvalue weighted by Gasteiger charge is 2.13. The van der Waals surface area contributed by atoms with Crippen LogP contribution in [-0.2, 0) is 4.79 Å². The van der Waals surface area contributed by atoms with Crippen molar-refractivity contribution in [3.05, 3.63) is 30.5 Å². The third-order valence-electron chi connectivity index (χ3n) is 3.49. The van der Waals surface area contributed by atoms with Crippen LogP contribution in [0.4, 0.5) is 0 Å². The maximum absolute atomic E-state index is 11.5. The van der Waals surface area contributed by atoms with Gasteiger partial charge in [-0.05, 0) is 12.5 Å². The van der Waals surface area contributed by atoms with Crippen molar-refractivity contribution in [2.75, 3.05) is 19.8 Å². The normalized spacial score (nSPS) is 11.0. The summed E-state index contributed by atoms with van der Waals surface area (Å²) in [5.41, 5.74) is 1.94. The number of aromatic nitrogens is 3. The Morgan fingerprint density at radius 2 is 2.13 bits per heavy atom. The fraction of sp³-hybridized carbons (Fsp3) is 0.312. The van der Waals surface area contributed by atoms with Crippen LogP contribution in [0.25, 0.3) is 22.4 Å². The number of nitrogens with one attached hydrogen (secondary N) is 1. The molecule has 0 atom stereocenters. The number of rotatable bonds is 6. The van der Waals surface area contributed by atoms with Gasteiger partial charge in [0, 0.05) is 43.4 Å². The van der Waals surface area contributed by atoms with Crippen molar-refractivity contribution in [1.82, 2.24) is 20.1 Å². The highest BCUT2D eigenvalue weighted by molar-refractivity contribution is 7.99. The van der Waals surface area contributed by atoms with Crippen molar-refractivity contribution in [3.63, 3.8) is 0 Å². The second-order valence-electron chi connectivity index (χ2n) is 5.36. The lowest BCUT2D eigenvalue weighted by Crippen LogP contribution is -2.21. The van der Waals surface area contributed by atoms with Gasteiger partial charge < -0.3 is 14.3 Å². The van der Waals surface area contributed by atoms with Crippen molar-refractivity contribution >= 4 is 28.6 Å². The van der Waals surface area contributed by atoms with E-state index in [9.17, 15) is 4.79 Å². The molecule has 0 saturated heterocycles. The monoisotopic (exact) mass is 330 g/mol. The second-order valence-corrected chi connectivity index (χ2v) is 6.41. The van der Waals surface area contributed by atoms with E-state index in [-0.39, 0.29) is 5.91 Å². The molecule has 1 aromatic carbocycles. The third kappa shape index (κ3) is 3.56. The van der Waals surface area contributed by atoms with Gasteiger partial charge in [0.25, 0.3) is 11.1 Å². The van der Waals surface area contributed by atoms with Crippen LogP contribution >= 0.6 is 11.8 Å². The molecule has 0 fully saturated rings. The molecular formula is C16H18N4O2S. The second kappa shape index (κ2) is 6.87. The zero-order valence-electron chi connectivity index (χ0n) is 13.1. The van der Waals surface area contributed by atoms with Gasteiger partial charge in [0.05, 0.1) is 5.56 Å². The zero-order valence-corrected chi connectivity index (χ0v) is 13.9. The molecule has 1 N–H and O–H groups in total. The van der Waals surface area contributed by atoms with Crippen molar-refractivity contribution in [2.45, 2.75) is 18.1 Å². The van der Waals surface area contributed by atoms with Gasteiger partial charge in [-0.25, -0.2) is 0 Å². The molecule has 0 aliphatic heterocycles. The number of fused-ring (bicyclic) bond motifs is 1. The van der Waals surface area contributed by atoms with Crippen LogP contribution in [0, 0.1) is 0 Å². The molecule has 0 bridgehead atoms. The Bertz CT molecular complexity index is 809. The molecule has 0 aliphatic carbocycles. The first kappa shape index (κ1) is 15.6. The fourth-order valence-corrected chi connectivity index (χ4v) is 2.93. The minimum Gasteiger partial charge on any atom is -0.411 e. The van der Waals surface area contributed by atoms with E-state index in [1.807, 2.05) is 30.5 Å². The topological polar surface area (TPSA) is 75.0 Å². The molecule has 7 heteroatoms. The predicted molar refractivity (Wildman–Crippen MR) is 90.2 cm³/mol. The van der Waals surface area contributed by atoms with Gasteiger partial charge in [-0.1, -0.05) is 30.0 Å². The van der Waals surface area contributed by atoms with Crippen LogP contribution in [0.1, 0.15) is 12.8 Å². The van der Waals surface area contributed by atoms with Gasteiger partial charge in [0.1, 0.15) is 0 Å². The molecule has 0 saturated carbocycles. The summed E-state index contributed by atoms with van der Waals surface area (Å²) in [5, 5.41) is 9.78. The molecule has 2 aromatic heterocycles. The largest absolute Gasteiger partial charge is 0.411 e. The standard InChI is InChI=1S/C16H18N4O2S/c1-20(2)14(21)8-5-9-23-16-19-18-15(22-16)12-10-17-13-7-4-3-6-11(12)13/h3-4,6-7,10,17H,5,8-9H2,1-2H3. The van der Waals surface area contributed by atoms with E-state index in [2.05, 4.69) is 15.2 Å². The summed E-state index contributed by atoms with van der Waals surface area (Å²) >= 11 is 1.48. The van der Waals surface area contributed by atoms with Crippen LogP contribution in [0.2, 0.25) is 0 Å². The number of aromatic amines is 1. The number of para-hydroxylation sites is 1. The van der Waals surface area contributed by atoms with Gasteiger partial charge >= 0.3 is 0 Å². The molecule has 0 unspecified atom stereocenters. The lowest BCUT2D eigenvalue weighted by molar-refractivity contribution is -0.128. The molecule has 1 amide bonds. The van der Waals surface area contributed by atoms with Gasteiger partial charge in [0.15, 0.2) is 0 Å². The van der Waals surface area contributed by atoms with E-state index in [1.165, 1.54) is 11.8 Å². The summed E-state index contributed by atoms with van der Waals surface area (Å²) < 4.78 is 5.72. The van der Waals surface area contributed by atoms with Crippen LogP contribution in [0.3, 0.4) is 0 Å². The smallest absolute Gasteiger partial charge is 0.276 e. The summed E-state index contributed by atoms with van der Waals surface area (Å²) in [6.07, 6.45) is 3.19. The zero-order chi connectivity index (χ0) is 16.2. The van der Waals surface area contributed by atoms with E-state index in [1.54, 1.807) is 19.0 Å². The molecule has 3 rings (SSSR count). The van der Waals surface area contributed by atoms with Gasteiger partial charge in [0.2, 0.25) is 5.91 Å². The molecule has 120 valence electrons. The molecular weight excluding hydrogens is 312 g/mol. The molecule has 3 aromatic rings. The third-order valence-corrected chi connectivity index (χ3v) is 4.39. The van der Waals surface area contributed by atoms with E-state index in [0.717, 1.165) is 28.6 Å². The number of carbonyl (C=O) groups excluding carboxylic acids is 1. The number of H-pyrrole nitrogens is 1. The highest BCUT2D eigenvalue weighted by atomic mass is 32.2. The number of nitrogens with zero attached hydrogens (tertiary/aromatic N) is 3. The first-order chi connectivity index (χ1) is 11.1. The number of thioether (sulfide) groups is 1. The highest BCUT2D eigenvalue weighted by Crippen LogP contribution is 2.29. The first-order valence-corrected chi connectivity index (χ1v) is 8.36. The minimum absolute atomic E-state index is 0.135. The molecule has 0 radical (unpaired) electrons. The number of benzene rings is 1. The van der Waals surface area contributed by atoms with E-state index < -0.39 is 0 Å². The average molecular weight is 330 g/mol. The van der Waals surface area contributed by atoms with Crippen molar-refractivity contribution < 1.29 is 9.21 Å².